The van der Waals surface area contributed by atoms with Crippen molar-refractivity contribution in [1.82, 2.24) is 5.32 Å². The van der Waals surface area contributed by atoms with Gasteiger partial charge in [0.2, 0.25) is 0 Å². The van der Waals surface area contributed by atoms with Crippen LogP contribution in [0.5, 0.6) is 5.75 Å². The number of aliphatic hydroxyl groups excluding tert-OH is 1. The van der Waals surface area contributed by atoms with Crippen molar-refractivity contribution in [1.29, 1.82) is 0 Å². The second kappa shape index (κ2) is 5.05. The molecule has 1 aromatic rings. The molecule has 0 saturated carbocycles. The van der Waals surface area contributed by atoms with E-state index in [2.05, 4.69) is 15.6 Å². The van der Waals surface area contributed by atoms with E-state index in [4.69, 9.17) is 0 Å². The molecule has 1 atom stereocenters. The highest BCUT2D eigenvalue weighted by atomic mass is 16.3. The lowest BCUT2D eigenvalue weighted by atomic mass is 10.1. The lowest BCUT2D eigenvalue weighted by Gasteiger charge is -2.20. The zero-order valence-electron chi connectivity index (χ0n) is 9.97. The molecule has 6 heteroatoms. The van der Waals surface area contributed by atoms with Crippen LogP contribution >= 0.6 is 0 Å². The van der Waals surface area contributed by atoms with Gasteiger partial charge in [0.1, 0.15) is 5.75 Å². The Hall–Kier alpha value is -2.08. The van der Waals surface area contributed by atoms with Crippen LogP contribution in [0.2, 0.25) is 0 Å². The van der Waals surface area contributed by atoms with Gasteiger partial charge in [0, 0.05) is 23.9 Å². The first-order valence-corrected chi connectivity index (χ1v) is 5.63. The molecule has 1 aliphatic rings. The number of anilines is 1. The Morgan fingerprint density at radius 1 is 1.50 bits per heavy atom. The number of phenols is 1. The number of benzene rings is 1. The van der Waals surface area contributed by atoms with Crippen molar-refractivity contribution >= 4 is 17.4 Å². The summed E-state index contributed by atoms with van der Waals surface area (Å²) in [6, 6.07) is 4.55. The number of aliphatic imine (C=N–C) groups is 1. The molecule has 1 unspecified atom stereocenters. The average Bonchev–Trinajstić information content (AvgIpc) is 2.31. The Balaban J connectivity index is 2.16. The summed E-state index contributed by atoms with van der Waals surface area (Å²) in [6.45, 7) is 2.18. The first-order valence-electron chi connectivity index (χ1n) is 5.63. The minimum atomic E-state index is -0.479. The van der Waals surface area contributed by atoms with Crippen molar-refractivity contribution in [2.75, 3.05) is 18.4 Å². The van der Waals surface area contributed by atoms with Crippen LogP contribution < -0.4 is 10.6 Å². The van der Waals surface area contributed by atoms with E-state index in [0.717, 1.165) is 0 Å². The van der Waals surface area contributed by atoms with Crippen LogP contribution in [0.4, 0.5) is 5.69 Å². The monoisotopic (exact) mass is 249 g/mol. The van der Waals surface area contributed by atoms with Crippen LogP contribution in [-0.4, -0.2) is 41.1 Å². The van der Waals surface area contributed by atoms with Crippen molar-refractivity contribution < 1.29 is 15.0 Å². The zero-order valence-corrected chi connectivity index (χ0v) is 9.97. The predicted molar refractivity (Wildman–Crippen MR) is 68.0 cm³/mol. The molecule has 6 nitrogen and oxygen atoms in total. The smallest absolute Gasteiger partial charge is 0.195 e. The number of Topliss-reactive ketones (excluding diaryl/α,β-unsaturated/α-hetero) is 1. The maximum Gasteiger partial charge on any atom is 0.195 e. The molecular formula is C12H15N3O3. The van der Waals surface area contributed by atoms with Crippen LogP contribution in [-0.2, 0) is 0 Å². The van der Waals surface area contributed by atoms with Crippen LogP contribution in [0.25, 0.3) is 0 Å². The molecule has 1 aromatic carbocycles. The Kier molecular flexibility index (Phi) is 3.47. The summed E-state index contributed by atoms with van der Waals surface area (Å²) in [5, 5.41) is 24.7. The number of hydrogen-bond donors (Lipinski definition) is 4. The molecule has 0 aromatic heterocycles. The number of hydrogen-bond acceptors (Lipinski definition) is 6. The maximum atomic E-state index is 11.3. The van der Waals surface area contributed by atoms with Gasteiger partial charge in [-0.05, 0) is 19.1 Å². The summed E-state index contributed by atoms with van der Waals surface area (Å²) in [7, 11) is 0. The van der Waals surface area contributed by atoms with Crippen molar-refractivity contribution in [3.63, 3.8) is 0 Å². The van der Waals surface area contributed by atoms with E-state index in [1.165, 1.54) is 19.1 Å². The Bertz CT molecular complexity index is 499. The zero-order chi connectivity index (χ0) is 13.1. The number of rotatable bonds is 2. The largest absolute Gasteiger partial charge is 0.508 e. The van der Waals surface area contributed by atoms with Crippen LogP contribution in [0.1, 0.15) is 17.3 Å². The number of aromatic hydroxyl groups is 1. The molecule has 96 valence electrons. The molecule has 0 spiro atoms. The molecule has 18 heavy (non-hydrogen) atoms. The summed E-state index contributed by atoms with van der Waals surface area (Å²) in [5.74, 6) is 0.407. The fourth-order valence-electron chi connectivity index (χ4n) is 1.64. The van der Waals surface area contributed by atoms with E-state index >= 15 is 0 Å². The van der Waals surface area contributed by atoms with E-state index in [1.807, 2.05) is 0 Å². The molecule has 2 rings (SSSR count). The van der Waals surface area contributed by atoms with Crippen LogP contribution in [0.15, 0.2) is 23.2 Å². The lowest BCUT2D eigenvalue weighted by Crippen LogP contribution is -2.42. The topological polar surface area (TPSA) is 94.0 Å². The van der Waals surface area contributed by atoms with Gasteiger partial charge < -0.3 is 20.8 Å². The third kappa shape index (κ3) is 2.98. The summed E-state index contributed by atoms with van der Waals surface area (Å²) in [6.07, 6.45) is -0.479. The minimum absolute atomic E-state index is 0.0154. The number of ketones is 1. The maximum absolute atomic E-state index is 11.3. The summed E-state index contributed by atoms with van der Waals surface area (Å²) >= 11 is 0. The number of β-amino-alcohol motifs (C(OH)–C–C–N with tert-alkyl or cyclic N) is 1. The highest BCUT2D eigenvalue weighted by Gasteiger charge is 2.12. The fraction of sp³-hybridized carbons (Fsp3) is 0.333. The molecule has 4 N–H and O–H groups in total. The van der Waals surface area contributed by atoms with Gasteiger partial charge in [-0.1, -0.05) is 0 Å². The van der Waals surface area contributed by atoms with Crippen molar-refractivity contribution in [2.24, 2.45) is 4.99 Å². The van der Waals surface area contributed by atoms with Gasteiger partial charge in [-0.25, -0.2) is 0 Å². The third-order valence-corrected chi connectivity index (χ3v) is 2.55. The number of aliphatic hydroxyl groups is 1. The van der Waals surface area contributed by atoms with E-state index in [9.17, 15) is 15.0 Å². The van der Waals surface area contributed by atoms with Crippen LogP contribution in [0, 0.1) is 0 Å². The molecule has 0 radical (unpaired) electrons. The normalized spacial score (nSPS) is 18.8. The Morgan fingerprint density at radius 3 is 2.89 bits per heavy atom. The molecular weight excluding hydrogens is 234 g/mol. The third-order valence-electron chi connectivity index (χ3n) is 2.55. The predicted octanol–water partition coefficient (Wildman–Crippen LogP) is 0.327. The van der Waals surface area contributed by atoms with Gasteiger partial charge in [-0.15, -0.1) is 0 Å². The molecule has 0 aliphatic carbocycles. The van der Waals surface area contributed by atoms with Gasteiger partial charge in [-0.3, -0.25) is 9.79 Å². The quantitative estimate of drug-likeness (QED) is 0.567. The fourth-order valence-corrected chi connectivity index (χ4v) is 1.64. The number of carbonyl (C=O) groups is 1. The van der Waals surface area contributed by atoms with Gasteiger partial charge in [-0.2, -0.15) is 0 Å². The highest BCUT2D eigenvalue weighted by molar-refractivity contribution is 5.98. The summed E-state index contributed by atoms with van der Waals surface area (Å²) < 4.78 is 0. The first kappa shape index (κ1) is 12.4. The number of nitrogens with one attached hydrogen (secondary N) is 2. The number of guanidine groups is 1. The molecule has 0 amide bonds. The van der Waals surface area contributed by atoms with Gasteiger partial charge in [0.15, 0.2) is 11.7 Å². The number of carbonyl (C=O) groups excluding carboxylic acids is 1. The summed E-state index contributed by atoms with van der Waals surface area (Å²) in [4.78, 5) is 15.4. The van der Waals surface area contributed by atoms with Crippen molar-refractivity contribution in [2.45, 2.75) is 13.0 Å². The standard InChI is InChI=1S/C12H15N3O3/c1-7(16)8-2-9(4-10(17)3-8)15-12-13-5-11(18)6-14-12/h2-4,11,17-18H,5-6H2,1H3,(H2,13,14,15). The van der Waals surface area contributed by atoms with Crippen molar-refractivity contribution in [3.8, 4) is 5.75 Å². The van der Waals surface area contributed by atoms with Gasteiger partial charge >= 0.3 is 0 Å². The number of nitrogens with zero attached hydrogens (tertiary/aromatic N) is 1. The second-order valence-corrected chi connectivity index (χ2v) is 4.17. The first-order chi connectivity index (χ1) is 8.54. The van der Waals surface area contributed by atoms with E-state index in [1.54, 1.807) is 6.07 Å². The average molecular weight is 249 g/mol. The van der Waals surface area contributed by atoms with Gasteiger partial charge in [0.05, 0.1) is 12.6 Å². The minimum Gasteiger partial charge on any atom is -0.508 e. The molecule has 0 bridgehead atoms. The van der Waals surface area contributed by atoms with Gasteiger partial charge in [0.25, 0.3) is 0 Å². The van der Waals surface area contributed by atoms with E-state index in [-0.39, 0.29) is 11.5 Å². The SMILES string of the molecule is CC(=O)c1cc(O)cc(NC2=NCC(O)CN2)c1. The second-order valence-electron chi connectivity index (χ2n) is 4.17. The molecule has 1 aliphatic heterocycles. The number of phenolic OH excluding ortho intramolecular Hbond substituents is 1. The lowest BCUT2D eigenvalue weighted by molar-refractivity contribution is 0.101. The molecule has 1 heterocycles. The van der Waals surface area contributed by atoms with E-state index < -0.39 is 6.10 Å². The summed E-state index contributed by atoms with van der Waals surface area (Å²) in [5.41, 5.74) is 0.997. The van der Waals surface area contributed by atoms with Crippen molar-refractivity contribution in [3.05, 3.63) is 23.8 Å². The molecule has 0 saturated heterocycles. The van der Waals surface area contributed by atoms with E-state index in [0.29, 0.717) is 30.3 Å². The highest BCUT2D eigenvalue weighted by Crippen LogP contribution is 2.20. The molecule has 0 fully saturated rings. The Labute approximate surface area is 104 Å². The Morgan fingerprint density at radius 2 is 2.28 bits per heavy atom. The van der Waals surface area contributed by atoms with Crippen LogP contribution in [0.3, 0.4) is 0 Å².